The van der Waals surface area contributed by atoms with E-state index in [1.807, 2.05) is 37.3 Å². The van der Waals surface area contributed by atoms with E-state index in [1.165, 1.54) is 19.3 Å². The fourth-order valence-corrected chi connectivity index (χ4v) is 4.62. The van der Waals surface area contributed by atoms with Gasteiger partial charge in [-0.1, -0.05) is 24.6 Å². The molecular formula is C20H26N2O2. The van der Waals surface area contributed by atoms with Crippen LogP contribution in [0.15, 0.2) is 34.7 Å². The second-order valence-electron chi connectivity index (χ2n) is 7.61. The Labute approximate surface area is 142 Å². The van der Waals surface area contributed by atoms with Crippen molar-refractivity contribution < 1.29 is 9.21 Å². The lowest BCUT2D eigenvalue weighted by Crippen LogP contribution is -2.49. The third-order valence-electron chi connectivity index (χ3n) is 6.01. The molecule has 2 aliphatic rings. The minimum atomic E-state index is -0.111. The van der Waals surface area contributed by atoms with Crippen LogP contribution in [0.3, 0.4) is 0 Å². The van der Waals surface area contributed by atoms with Crippen molar-refractivity contribution >= 4 is 16.9 Å². The van der Waals surface area contributed by atoms with Crippen LogP contribution in [0.1, 0.15) is 50.8 Å². The van der Waals surface area contributed by atoms with Crippen LogP contribution < -0.4 is 11.1 Å². The summed E-state index contributed by atoms with van der Waals surface area (Å²) in [7, 11) is 0. The van der Waals surface area contributed by atoms with Crippen LogP contribution in [0.2, 0.25) is 0 Å². The van der Waals surface area contributed by atoms with Crippen LogP contribution in [0, 0.1) is 17.8 Å². The SMILES string of the molecule is CC(NC(=O)C1CC2CCCC(C1)C2N)c1cc2ccccc2o1. The van der Waals surface area contributed by atoms with Gasteiger partial charge in [-0.25, -0.2) is 0 Å². The minimum Gasteiger partial charge on any atom is -0.459 e. The first-order chi connectivity index (χ1) is 11.6. The van der Waals surface area contributed by atoms with Crippen LogP contribution in [0.5, 0.6) is 0 Å². The maximum absolute atomic E-state index is 12.7. The molecule has 0 saturated heterocycles. The van der Waals surface area contributed by atoms with Crippen LogP contribution in [0.4, 0.5) is 0 Å². The van der Waals surface area contributed by atoms with Crippen molar-refractivity contribution in [1.82, 2.24) is 5.32 Å². The summed E-state index contributed by atoms with van der Waals surface area (Å²) in [5, 5.41) is 4.23. The predicted octanol–water partition coefficient (Wildman–Crippen LogP) is 3.76. The first-order valence-corrected chi connectivity index (χ1v) is 9.16. The van der Waals surface area contributed by atoms with E-state index in [2.05, 4.69) is 5.32 Å². The van der Waals surface area contributed by atoms with Crippen LogP contribution >= 0.6 is 0 Å². The van der Waals surface area contributed by atoms with E-state index in [-0.39, 0.29) is 17.9 Å². The van der Waals surface area contributed by atoms with Crippen molar-refractivity contribution in [2.75, 3.05) is 0 Å². The number of hydrogen-bond donors (Lipinski definition) is 2. The quantitative estimate of drug-likeness (QED) is 0.902. The Hall–Kier alpha value is -1.81. The zero-order valence-electron chi connectivity index (χ0n) is 14.2. The van der Waals surface area contributed by atoms with Crippen LogP contribution in [0.25, 0.3) is 11.0 Å². The molecule has 128 valence electrons. The molecule has 1 amide bonds. The van der Waals surface area contributed by atoms with E-state index in [1.54, 1.807) is 0 Å². The molecule has 3 atom stereocenters. The number of carbonyl (C=O) groups excluding carboxylic acids is 1. The van der Waals surface area contributed by atoms with Gasteiger partial charge in [0.15, 0.2) is 0 Å². The van der Waals surface area contributed by atoms with Gasteiger partial charge in [0.1, 0.15) is 11.3 Å². The number of furan rings is 1. The second kappa shape index (κ2) is 6.25. The summed E-state index contributed by atoms with van der Waals surface area (Å²) >= 11 is 0. The van der Waals surface area contributed by atoms with Crippen molar-refractivity contribution in [2.45, 2.75) is 51.1 Å². The molecule has 0 radical (unpaired) electrons. The van der Waals surface area contributed by atoms with E-state index in [4.69, 9.17) is 10.2 Å². The van der Waals surface area contributed by atoms with Gasteiger partial charge in [-0.2, -0.15) is 0 Å². The molecular weight excluding hydrogens is 300 g/mol. The number of benzene rings is 1. The van der Waals surface area contributed by atoms with Gasteiger partial charge in [-0.05, 0) is 56.6 Å². The molecule has 2 aromatic rings. The Bertz CT molecular complexity index is 691. The highest BCUT2D eigenvalue weighted by Crippen LogP contribution is 2.42. The fraction of sp³-hybridized carbons (Fsp3) is 0.550. The molecule has 1 heterocycles. The molecule has 1 aromatic heterocycles. The Morgan fingerprint density at radius 1 is 1.25 bits per heavy atom. The Kier molecular flexibility index (Phi) is 4.09. The molecule has 0 aliphatic heterocycles. The number of nitrogens with two attached hydrogens (primary N) is 1. The van der Waals surface area contributed by atoms with E-state index < -0.39 is 0 Å². The maximum atomic E-state index is 12.7. The monoisotopic (exact) mass is 326 g/mol. The smallest absolute Gasteiger partial charge is 0.223 e. The average molecular weight is 326 g/mol. The highest BCUT2D eigenvalue weighted by molar-refractivity contribution is 5.80. The normalized spacial score (nSPS) is 30.9. The molecule has 2 fully saturated rings. The van der Waals surface area contributed by atoms with Crippen LogP contribution in [-0.4, -0.2) is 11.9 Å². The summed E-state index contributed by atoms with van der Waals surface area (Å²) in [6.07, 6.45) is 5.51. The number of carbonyl (C=O) groups is 1. The average Bonchev–Trinajstić information content (AvgIpc) is 2.98. The number of nitrogens with one attached hydrogen (secondary N) is 1. The molecule has 3 N–H and O–H groups in total. The van der Waals surface area contributed by atoms with Crippen molar-refractivity contribution in [3.63, 3.8) is 0 Å². The van der Waals surface area contributed by atoms with E-state index in [9.17, 15) is 4.79 Å². The summed E-state index contributed by atoms with van der Waals surface area (Å²) in [6.45, 7) is 1.99. The fourth-order valence-electron chi connectivity index (χ4n) is 4.62. The summed E-state index contributed by atoms with van der Waals surface area (Å²) in [6, 6.07) is 10.2. The zero-order valence-corrected chi connectivity index (χ0v) is 14.2. The largest absolute Gasteiger partial charge is 0.459 e. The highest BCUT2D eigenvalue weighted by atomic mass is 16.3. The molecule has 3 unspecified atom stereocenters. The van der Waals surface area contributed by atoms with Gasteiger partial charge in [0, 0.05) is 17.3 Å². The molecule has 4 nitrogen and oxygen atoms in total. The summed E-state index contributed by atoms with van der Waals surface area (Å²) in [5.41, 5.74) is 7.20. The van der Waals surface area contributed by atoms with Gasteiger partial charge in [0.05, 0.1) is 6.04 Å². The topological polar surface area (TPSA) is 68.3 Å². The molecule has 4 heteroatoms. The van der Waals surface area contributed by atoms with Crippen molar-refractivity contribution in [3.8, 4) is 0 Å². The number of amides is 1. The van der Waals surface area contributed by atoms with Crippen molar-refractivity contribution in [3.05, 3.63) is 36.1 Å². The number of para-hydroxylation sites is 1. The highest BCUT2D eigenvalue weighted by Gasteiger charge is 2.40. The molecule has 2 saturated carbocycles. The Morgan fingerprint density at radius 2 is 1.96 bits per heavy atom. The second-order valence-corrected chi connectivity index (χ2v) is 7.61. The standard InChI is InChI=1S/C20H26N2O2/c1-12(18-11-13-5-2-3-8-17(13)24-18)22-20(23)16-9-14-6-4-7-15(10-16)19(14)21/h2-3,5,8,11-12,14-16,19H,4,6-7,9-10,21H2,1H3,(H,22,23). The lowest BCUT2D eigenvalue weighted by molar-refractivity contribution is -0.128. The lowest BCUT2D eigenvalue weighted by Gasteiger charge is -2.43. The summed E-state index contributed by atoms with van der Waals surface area (Å²) in [5.74, 6) is 2.13. The Balaban J connectivity index is 1.43. The van der Waals surface area contributed by atoms with Gasteiger partial charge < -0.3 is 15.5 Å². The zero-order chi connectivity index (χ0) is 16.7. The van der Waals surface area contributed by atoms with Gasteiger partial charge in [0.25, 0.3) is 0 Å². The third-order valence-corrected chi connectivity index (χ3v) is 6.01. The summed E-state index contributed by atoms with van der Waals surface area (Å²) < 4.78 is 5.87. The number of hydrogen-bond acceptors (Lipinski definition) is 3. The van der Waals surface area contributed by atoms with E-state index >= 15 is 0 Å². The third kappa shape index (κ3) is 2.84. The van der Waals surface area contributed by atoms with Crippen LogP contribution in [-0.2, 0) is 4.79 Å². The van der Waals surface area contributed by atoms with Crippen molar-refractivity contribution in [2.24, 2.45) is 23.5 Å². The molecule has 2 bridgehead atoms. The first-order valence-electron chi connectivity index (χ1n) is 9.16. The Morgan fingerprint density at radius 3 is 2.67 bits per heavy atom. The lowest BCUT2D eigenvalue weighted by atomic mass is 9.65. The number of fused-ring (bicyclic) bond motifs is 3. The molecule has 24 heavy (non-hydrogen) atoms. The predicted molar refractivity (Wildman–Crippen MR) is 94.3 cm³/mol. The van der Waals surface area contributed by atoms with E-state index in [0.717, 1.165) is 29.6 Å². The van der Waals surface area contributed by atoms with Gasteiger partial charge in [-0.3, -0.25) is 4.79 Å². The van der Waals surface area contributed by atoms with Gasteiger partial charge in [0.2, 0.25) is 5.91 Å². The summed E-state index contributed by atoms with van der Waals surface area (Å²) in [4.78, 5) is 12.7. The van der Waals surface area contributed by atoms with E-state index in [0.29, 0.717) is 17.9 Å². The number of rotatable bonds is 3. The molecule has 2 aliphatic carbocycles. The van der Waals surface area contributed by atoms with Gasteiger partial charge in [-0.15, -0.1) is 0 Å². The molecule has 4 rings (SSSR count). The van der Waals surface area contributed by atoms with Crippen molar-refractivity contribution in [1.29, 1.82) is 0 Å². The van der Waals surface area contributed by atoms with Gasteiger partial charge >= 0.3 is 0 Å². The molecule has 1 aromatic carbocycles. The first kappa shape index (κ1) is 15.7. The molecule has 0 spiro atoms. The minimum absolute atomic E-state index is 0.104. The maximum Gasteiger partial charge on any atom is 0.223 e.